The highest BCUT2D eigenvalue weighted by atomic mass is 19.2. The molecule has 0 saturated carbocycles. The van der Waals surface area contributed by atoms with Gasteiger partial charge in [-0.15, -0.1) is 5.10 Å². The quantitative estimate of drug-likeness (QED) is 0.720. The molecule has 6 nitrogen and oxygen atoms in total. The average Bonchev–Trinajstić information content (AvgIpc) is 3.12. The zero-order valence-corrected chi connectivity index (χ0v) is 12.7. The number of hydrogen-bond acceptors (Lipinski definition) is 4. The van der Waals surface area contributed by atoms with Gasteiger partial charge in [0, 0.05) is 24.2 Å². The Morgan fingerprint density at radius 3 is 2.40 bits per heavy atom. The summed E-state index contributed by atoms with van der Waals surface area (Å²) in [5, 5.41) is 13.1. The van der Waals surface area contributed by atoms with Crippen molar-refractivity contribution in [1.82, 2.24) is 20.2 Å². The number of nitrogens with one attached hydrogen (secondary N) is 1. The van der Waals surface area contributed by atoms with Gasteiger partial charge in [0.1, 0.15) is 12.4 Å². The Labute approximate surface area is 140 Å². The van der Waals surface area contributed by atoms with Crippen molar-refractivity contribution in [2.45, 2.75) is 12.5 Å². The van der Waals surface area contributed by atoms with E-state index in [-0.39, 0.29) is 12.1 Å². The van der Waals surface area contributed by atoms with Crippen LogP contribution in [0.3, 0.4) is 0 Å². The van der Waals surface area contributed by atoms with Crippen molar-refractivity contribution in [3.8, 4) is 0 Å². The summed E-state index contributed by atoms with van der Waals surface area (Å²) in [6, 6.07) is 9.66. The van der Waals surface area contributed by atoms with Crippen LogP contribution in [0, 0.1) is 17.5 Å². The van der Waals surface area contributed by atoms with E-state index in [1.165, 1.54) is 11.0 Å². The minimum atomic E-state index is -1.60. The Morgan fingerprint density at radius 1 is 1.12 bits per heavy atom. The van der Waals surface area contributed by atoms with Crippen molar-refractivity contribution in [2.24, 2.45) is 0 Å². The van der Waals surface area contributed by atoms with Crippen LogP contribution in [0.25, 0.3) is 0 Å². The molecule has 0 bridgehead atoms. The first-order chi connectivity index (χ1) is 12.0. The van der Waals surface area contributed by atoms with Gasteiger partial charge in [0.05, 0.1) is 0 Å². The van der Waals surface area contributed by atoms with E-state index >= 15 is 0 Å². The maximum atomic E-state index is 13.3. The average molecular weight is 347 g/mol. The third-order valence-corrected chi connectivity index (χ3v) is 3.51. The van der Waals surface area contributed by atoms with Gasteiger partial charge in [-0.05, 0) is 16.0 Å². The standard InChI is InChI=1S/C16H12F3N5O/c17-12-7-11(8-13(18)15(12)19)21-16(25)14(24-9-20-22-23-24)6-10-4-2-1-3-5-10/h1-5,7-9,14H,6H2,(H,21,25)/t14-/m1/s1. The summed E-state index contributed by atoms with van der Waals surface area (Å²) in [6.45, 7) is 0. The number of amides is 1. The fourth-order valence-corrected chi connectivity index (χ4v) is 2.31. The Bertz CT molecular complexity index is 848. The van der Waals surface area contributed by atoms with Gasteiger partial charge in [0.2, 0.25) is 5.91 Å². The second kappa shape index (κ2) is 7.12. The van der Waals surface area contributed by atoms with Crippen molar-refractivity contribution < 1.29 is 18.0 Å². The molecule has 3 rings (SSSR count). The van der Waals surface area contributed by atoms with E-state index in [1.54, 1.807) is 0 Å². The van der Waals surface area contributed by atoms with Crippen molar-refractivity contribution in [1.29, 1.82) is 0 Å². The van der Waals surface area contributed by atoms with E-state index in [0.717, 1.165) is 5.56 Å². The molecule has 0 aliphatic heterocycles. The molecule has 9 heteroatoms. The lowest BCUT2D eigenvalue weighted by molar-refractivity contribution is -0.119. The summed E-state index contributed by atoms with van der Waals surface area (Å²) in [5.41, 5.74) is 0.641. The van der Waals surface area contributed by atoms with E-state index in [2.05, 4.69) is 20.8 Å². The predicted molar refractivity (Wildman–Crippen MR) is 81.9 cm³/mol. The normalized spacial score (nSPS) is 12.0. The molecule has 1 atom stereocenters. The largest absolute Gasteiger partial charge is 0.324 e. The maximum absolute atomic E-state index is 13.3. The molecule has 0 saturated heterocycles. The molecule has 128 valence electrons. The number of nitrogens with zero attached hydrogens (tertiary/aromatic N) is 4. The van der Waals surface area contributed by atoms with Crippen LogP contribution in [0.2, 0.25) is 0 Å². The van der Waals surface area contributed by atoms with E-state index in [0.29, 0.717) is 12.1 Å². The van der Waals surface area contributed by atoms with E-state index in [9.17, 15) is 18.0 Å². The topological polar surface area (TPSA) is 72.7 Å². The second-order valence-electron chi connectivity index (χ2n) is 5.24. The highest BCUT2D eigenvalue weighted by molar-refractivity contribution is 5.93. The first kappa shape index (κ1) is 16.6. The number of carbonyl (C=O) groups excluding carboxylic acids is 1. The smallest absolute Gasteiger partial charge is 0.249 e. The van der Waals surface area contributed by atoms with Gasteiger partial charge in [-0.1, -0.05) is 30.3 Å². The lowest BCUT2D eigenvalue weighted by Gasteiger charge is -2.16. The fourth-order valence-electron chi connectivity index (χ4n) is 2.31. The first-order valence-electron chi connectivity index (χ1n) is 7.26. The van der Waals surface area contributed by atoms with Gasteiger partial charge in [-0.2, -0.15) is 0 Å². The number of halogens is 3. The molecule has 0 unspecified atom stereocenters. The molecular weight excluding hydrogens is 335 g/mol. The molecule has 2 aromatic carbocycles. The fraction of sp³-hybridized carbons (Fsp3) is 0.125. The Morgan fingerprint density at radius 2 is 1.80 bits per heavy atom. The van der Waals surface area contributed by atoms with Gasteiger partial charge < -0.3 is 5.32 Å². The molecule has 0 aliphatic rings. The lowest BCUT2D eigenvalue weighted by Crippen LogP contribution is -2.28. The number of hydrogen-bond donors (Lipinski definition) is 1. The van der Waals surface area contributed by atoms with E-state index < -0.39 is 29.4 Å². The molecule has 1 aromatic heterocycles. The van der Waals surface area contributed by atoms with Crippen LogP contribution in [0.5, 0.6) is 0 Å². The van der Waals surface area contributed by atoms with Crippen LogP contribution in [0.15, 0.2) is 48.8 Å². The van der Waals surface area contributed by atoms with Gasteiger partial charge in [-0.25, -0.2) is 17.9 Å². The predicted octanol–water partition coefficient (Wildman–Crippen LogP) is 2.51. The monoisotopic (exact) mass is 347 g/mol. The SMILES string of the molecule is O=C(Nc1cc(F)c(F)c(F)c1)[C@@H](Cc1ccccc1)n1cnnn1. The number of benzene rings is 2. The minimum Gasteiger partial charge on any atom is -0.324 e. The van der Waals surface area contributed by atoms with Crippen LogP contribution < -0.4 is 5.32 Å². The maximum Gasteiger partial charge on any atom is 0.249 e. The summed E-state index contributed by atoms with van der Waals surface area (Å²) in [7, 11) is 0. The molecule has 3 aromatic rings. The Balaban J connectivity index is 1.85. The zero-order valence-electron chi connectivity index (χ0n) is 12.7. The Kier molecular flexibility index (Phi) is 4.73. The van der Waals surface area contributed by atoms with Crippen molar-refractivity contribution >= 4 is 11.6 Å². The highest BCUT2D eigenvalue weighted by Crippen LogP contribution is 2.20. The van der Waals surface area contributed by atoms with Crippen LogP contribution >= 0.6 is 0 Å². The highest BCUT2D eigenvalue weighted by Gasteiger charge is 2.23. The molecule has 1 heterocycles. The van der Waals surface area contributed by atoms with Gasteiger partial charge in [0.15, 0.2) is 17.5 Å². The minimum absolute atomic E-state index is 0.201. The lowest BCUT2D eigenvalue weighted by atomic mass is 10.1. The Hall–Kier alpha value is -3.23. The zero-order chi connectivity index (χ0) is 17.8. The van der Waals surface area contributed by atoms with Gasteiger partial charge in [0.25, 0.3) is 0 Å². The van der Waals surface area contributed by atoms with Gasteiger partial charge >= 0.3 is 0 Å². The van der Waals surface area contributed by atoms with E-state index in [4.69, 9.17) is 0 Å². The third-order valence-electron chi connectivity index (χ3n) is 3.51. The van der Waals surface area contributed by atoms with Crippen LogP contribution in [-0.4, -0.2) is 26.1 Å². The molecule has 1 amide bonds. The van der Waals surface area contributed by atoms with E-state index in [1.807, 2.05) is 30.3 Å². The van der Waals surface area contributed by atoms with Crippen LogP contribution in [0.1, 0.15) is 11.6 Å². The van der Waals surface area contributed by atoms with Crippen molar-refractivity contribution in [2.75, 3.05) is 5.32 Å². The van der Waals surface area contributed by atoms with Crippen LogP contribution in [0.4, 0.5) is 18.9 Å². The molecule has 1 N–H and O–H groups in total. The summed E-state index contributed by atoms with van der Waals surface area (Å²) < 4.78 is 40.9. The van der Waals surface area contributed by atoms with Crippen molar-refractivity contribution in [3.05, 3.63) is 71.8 Å². The number of aromatic nitrogens is 4. The van der Waals surface area contributed by atoms with Crippen molar-refractivity contribution in [3.63, 3.8) is 0 Å². The third kappa shape index (κ3) is 3.82. The molecule has 0 aliphatic carbocycles. The molecule has 0 spiro atoms. The number of rotatable bonds is 5. The molecular formula is C16H12F3N5O. The number of tetrazole rings is 1. The number of carbonyl (C=O) groups is 1. The molecule has 0 radical (unpaired) electrons. The number of anilines is 1. The summed E-state index contributed by atoms with van der Waals surface area (Å²) in [6.07, 6.45) is 1.52. The summed E-state index contributed by atoms with van der Waals surface area (Å²) >= 11 is 0. The van der Waals surface area contributed by atoms with Gasteiger partial charge in [-0.3, -0.25) is 4.79 Å². The first-order valence-corrected chi connectivity index (χ1v) is 7.26. The molecule has 0 fully saturated rings. The second-order valence-corrected chi connectivity index (χ2v) is 5.24. The van der Waals surface area contributed by atoms with Crippen LogP contribution in [-0.2, 0) is 11.2 Å². The molecule has 25 heavy (non-hydrogen) atoms. The summed E-state index contributed by atoms with van der Waals surface area (Å²) in [4.78, 5) is 12.6. The summed E-state index contributed by atoms with van der Waals surface area (Å²) in [5.74, 6) is -4.98.